The summed E-state index contributed by atoms with van der Waals surface area (Å²) in [5.41, 5.74) is -0.320. The SMILES string of the molecule is COc1cc(NC(=O)[C@H](CC(C)C)NC(=O)c2ccc(F)cc2)cnc1S(=O)(=O)NC(C)(C)C. The van der Waals surface area contributed by atoms with E-state index in [1.165, 1.54) is 31.5 Å². The molecular formula is C23H31FN4O5S. The Kier molecular flexibility index (Phi) is 8.73. The van der Waals surface area contributed by atoms with Crippen LogP contribution in [0.4, 0.5) is 10.1 Å². The van der Waals surface area contributed by atoms with Crippen LogP contribution in [0.2, 0.25) is 0 Å². The number of aromatic nitrogens is 1. The molecule has 0 saturated carbocycles. The summed E-state index contributed by atoms with van der Waals surface area (Å²) in [6, 6.07) is 5.43. The predicted octanol–water partition coefficient (Wildman–Crippen LogP) is 3.09. The number of pyridine rings is 1. The minimum atomic E-state index is -3.97. The van der Waals surface area contributed by atoms with Gasteiger partial charge in [0.2, 0.25) is 10.9 Å². The third-order valence-electron chi connectivity index (χ3n) is 4.44. The molecule has 2 aromatic rings. The van der Waals surface area contributed by atoms with Gasteiger partial charge in [-0.15, -0.1) is 0 Å². The summed E-state index contributed by atoms with van der Waals surface area (Å²) in [4.78, 5) is 29.5. The van der Waals surface area contributed by atoms with Gasteiger partial charge in [0.05, 0.1) is 19.0 Å². The van der Waals surface area contributed by atoms with Crippen molar-refractivity contribution >= 4 is 27.5 Å². The van der Waals surface area contributed by atoms with Crippen molar-refractivity contribution in [1.82, 2.24) is 15.0 Å². The number of methoxy groups -OCH3 is 1. The van der Waals surface area contributed by atoms with Gasteiger partial charge in [-0.25, -0.2) is 22.5 Å². The Morgan fingerprint density at radius 2 is 1.76 bits per heavy atom. The molecule has 0 saturated heterocycles. The van der Waals surface area contributed by atoms with Crippen LogP contribution in [0.25, 0.3) is 0 Å². The quantitative estimate of drug-likeness (QED) is 0.492. The number of rotatable bonds is 9. The van der Waals surface area contributed by atoms with Crippen molar-refractivity contribution in [3.8, 4) is 5.75 Å². The highest BCUT2D eigenvalue weighted by Gasteiger charge is 2.28. The first kappa shape index (κ1) is 27.2. The van der Waals surface area contributed by atoms with E-state index in [2.05, 4.69) is 20.3 Å². The van der Waals surface area contributed by atoms with Crippen molar-refractivity contribution in [2.24, 2.45) is 5.92 Å². The molecule has 0 radical (unpaired) electrons. The number of hydrogen-bond donors (Lipinski definition) is 3. The van der Waals surface area contributed by atoms with Gasteiger partial charge in [-0.1, -0.05) is 13.8 Å². The number of ether oxygens (including phenoxy) is 1. The standard InChI is InChI=1S/C23H31FN4O5S/c1-14(2)11-18(27-20(29)15-7-9-16(24)10-8-15)21(30)26-17-12-19(33-6)22(25-13-17)34(31,32)28-23(3,4)5/h7-10,12-14,18,28H,11H2,1-6H3,(H,26,30)(H,27,29)/t18-/m0/s1. The van der Waals surface area contributed by atoms with Gasteiger partial charge in [-0.3, -0.25) is 9.59 Å². The number of nitrogens with zero attached hydrogens (tertiary/aromatic N) is 1. The third kappa shape index (κ3) is 7.77. The van der Waals surface area contributed by atoms with E-state index < -0.39 is 39.2 Å². The molecule has 1 heterocycles. The number of anilines is 1. The molecule has 0 unspecified atom stereocenters. The Morgan fingerprint density at radius 1 is 1.15 bits per heavy atom. The summed E-state index contributed by atoms with van der Waals surface area (Å²) in [6.45, 7) is 8.88. The van der Waals surface area contributed by atoms with E-state index in [0.717, 1.165) is 12.1 Å². The number of carbonyl (C=O) groups excluding carboxylic acids is 2. The van der Waals surface area contributed by atoms with E-state index in [1.807, 2.05) is 13.8 Å². The van der Waals surface area contributed by atoms with Crippen LogP contribution in [-0.4, -0.2) is 43.9 Å². The summed E-state index contributed by atoms with van der Waals surface area (Å²) >= 11 is 0. The monoisotopic (exact) mass is 494 g/mol. The summed E-state index contributed by atoms with van der Waals surface area (Å²) in [5, 5.41) is 4.99. The number of carbonyl (C=O) groups is 2. The Bertz CT molecular complexity index is 1130. The van der Waals surface area contributed by atoms with Crippen LogP contribution in [0, 0.1) is 11.7 Å². The van der Waals surface area contributed by atoms with Crippen molar-refractivity contribution in [2.45, 2.75) is 57.6 Å². The molecule has 1 aromatic heterocycles. The first-order chi connectivity index (χ1) is 15.7. The average Bonchev–Trinajstić information content (AvgIpc) is 2.71. The van der Waals surface area contributed by atoms with Gasteiger partial charge >= 0.3 is 0 Å². The van der Waals surface area contributed by atoms with Crippen LogP contribution in [0.15, 0.2) is 41.6 Å². The molecule has 0 aliphatic carbocycles. The number of halogens is 1. The minimum Gasteiger partial charge on any atom is -0.494 e. The van der Waals surface area contributed by atoms with Crippen molar-refractivity contribution in [2.75, 3.05) is 12.4 Å². The van der Waals surface area contributed by atoms with Crippen LogP contribution in [0.1, 0.15) is 51.4 Å². The van der Waals surface area contributed by atoms with Crippen LogP contribution in [0.3, 0.4) is 0 Å². The predicted molar refractivity (Wildman–Crippen MR) is 127 cm³/mol. The van der Waals surface area contributed by atoms with E-state index in [9.17, 15) is 22.4 Å². The van der Waals surface area contributed by atoms with Gasteiger partial charge in [-0.05, 0) is 57.4 Å². The molecule has 0 fully saturated rings. The summed E-state index contributed by atoms with van der Waals surface area (Å²) < 4.78 is 46.1. The van der Waals surface area contributed by atoms with E-state index >= 15 is 0 Å². The van der Waals surface area contributed by atoms with Gasteiger partial charge in [0, 0.05) is 17.2 Å². The minimum absolute atomic E-state index is 0.0506. The molecule has 0 aliphatic rings. The van der Waals surface area contributed by atoms with Crippen LogP contribution < -0.4 is 20.1 Å². The van der Waals surface area contributed by atoms with Crippen molar-refractivity contribution < 1.29 is 27.1 Å². The zero-order valence-corrected chi connectivity index (χ0v) is 20.9. The van der Waals surface area contributed by atoms with Gasteiger partial charge in [0.1, 0.15) is 11.9 Å². The Balaban J connectivity index is 2.24. The molecule has 186 valence electrons. The van der Waals surface area contributed by atoms with Crippen LogP contribution >= 0.6 is 0 Å². The molecule has 0 bridgehead atoms. The lowest BCUT2D eigenvalue weighted by Gasteiger charge is -2.22. The highest BCUT2D eigenvalue weighted by Crippen LogP contribution is 2.26. The molecule has 2 amide bonds. The number of amides is 2. The Morgan fingerprint density at radius 3 is 2.29 bits per heavy atom. The topological polar surface area (TPSA) is 126 Å². The van der Waals surface area contributed by atoms with Crippen molar-refractivity contribution in [1.29, 1.82) is 0 Å². The maximum absolute atomic E-state index is 13.1. The first-order valence-corrected chi connectivity index (χ1v) is 12.2. The summed E-state index contributed by atoms with van der Waals surface area (Å²) in [5.74, 6) is -1.49. The van der Waals surface area contributed by atoms with Gasteiger partial charge in [0.15, 0.2) is 5.75 Å². The first-order valence-electron chi connectivity index (χ1n) is 10.7. The molecule has 0 aliphatic heterocycles. The van der Waals surface area contributed by atoms with E-state index in [-0.39, 0.29) is 27.9 Å². The Labute approximate surface area is 199 Å². The number of hydrogen-bond acceptors (Lipinski definition) is 6. The number of benzene rings is 1. The second-order valence-electron chi connectivity index (χ2n) is 9.24. The van der Waals surface area contributed by atoms with Crippen LogP contribution in [-0.2, 0) is 14.8 Å². The number of sulfonamides is 1. The second kappa shape index (κ2) is 10.9. The molecule has 9 nitrogen and oxygen atoms in total. The third-order valence-corrected chi connectivity index (χ3v) is 6.13. The lowest BCUT2D eigenvalue weighted by Crippen LogP contribution is -2.44. The van der Waals surface area contributed by atoms with Crippen molar-refractivity contribution in [3.63, 3.8) is 0 Å². The maximum Gasteiger partial charge on any atom is 0.262 e. The molecule has 2 rings (SSSR count). The Hall–Kier alpha value is -3.05. The second-order valence-corrected chi connectivity index (χ2v) is 10.8. The zero-order chi connectivity index (χ0) is 25.7. The lowest BCUT2D eigenvalue weighted by atomic mass is 10.0. The summed E-state index contributed by atoms with van der Waals surface area (Å²) in [7, 11) is -2.68. The van der Waals surface area contributed by atoms with E-state index in [0.29, 0.717) is 6.42 Å². The van der Waals surface area contributed by atoms with E-state index in [1.54, 1.807) is 20.8 Å². The fourth-order valence-corrected chi connectivity index (χ4v) is 4.58. The van der Waals surface area contributed by atoms with Gasteiger partial charge < -0.3 is 15.4 Å². The van der Waals surface area contributed by atoms with E-state index in [4.69, 9.17) is 4.74 Å². The highest BCUT2D eigenvalue weighted by molar-refractivity contribution is 7.89. The lowest BCUT2D eigenvalue weighted by molar-refractivity contribution is -0.118. The molecule has 1 atom stereocenters. The molecule has 34 heavy (non-hydrogen) atoms. The van der Waals surface area contributed by atoms with Crippen LogP contribution in [0.5, 0.6) is 5.75 Å². The molecule has 1 aromatic carbocycles. The highest BCUT2D eigenvalue weighted by atomic mass is 32.2. The molecular weight excluding hydrogens is 463 g/mol. The van der Waals surface area contributed by atoms with Gasteiger partial charge in [0.25, 0.3) is 15.9 Å². The zero-order valence-electron chi connectivity index (χ0n) is 20.1. The largest absolute Gasteiger partial charge is 0.494 e. The molecule has 3 N–H and O–H groups in total. The molecule has 0 spiro atoms. The number of nitrogens with one attached hydrogen (secondary N) is 3. The van der Waals surface area contributed by atoms with Crippen molar-refractivity contribution in [3.05, 3.63) is 47.9 Å². The average molecular weight is 495 g/mol. The summed E-state index contributed by atoms with van der Waals surface area (Å²) in [6.07, 6.45) is 1.54. The van der Waals surface area contributed by atoms with Gasteiger partial charge in [-0.2, -0.15) is 0 Å². The molecule has 11 heteroatoms. The fraction of sp³-hybridized carbons (Fsp3) is 0.435. The fourth-order valence-electron chi connectivity index (χ4n) is 3.08. The normalized spacial score (nSPS) is 12.8. The smallest absolute Gasteiger partial charge is 0.262 e. The maximum atomic E-state index is 13.1.